The number of ketones is 1. The van der Waals surface area contributed by atoms with Crippen LogP contribution < -0.4 is 4.74 Å². The molecule has 0 saturated carbocycles. The van der Waals surface area contributed by atoms with Crippen molar-refractivity contribution in [3.63, 3.8) is 0 Å². The molecule has 1 saturated heterocycles. The van der Waals surface area contributed by atoms with Gasteiger partial charge in [0.2, 0.25) is 0 Å². The van der Waals surface area contributed by atoms with Gasteiger partial charge in [0.05, 0.1) is 6.61 Å². The molecule has 3 nitrogen and oxygen atoms in total. The molecule has 0 unspecified atom stereocenters. The predicted octanol–water partition coefficient (Wildman–Crippen LogP) is 3.14. The van der Waals surface area contributed by atoms with Crippen molar-refractivity contribution in [1.29, 1.82) is 0 Å². The lowest BCUT2D eigenvalue weighted by Gasteiger charge is -2.13. The highest BCUT2D eigenvalue weighted by Gasteiger charge is 2.13. The van der Waals surface area contributed by atoms with Gasteiger partial charge in [0, 0.05) is 18.5 Å². The van der Waals surface area contributed by atoms with Crippen molar-refractivity contribution in [2.75, 3.05) is 26.2 Å². The molecule has 0 aliphatic carbocycles. The van der Waals surface area contributed by atoms with E-state index in [1.54, 1.807) is 0 Å². The van der Waals surface area contributed by atoms with Crippen LogP contribution in [0.5, 0.6) is 5.75 Å². The Hall–Kier alpha value is -1.35. The minimum atomic E-state index is 0.231. The third kappa shape index (κ3) is 4.35. The number of carbonyl (C=O) groups excluding carboxylic acids is 1. The maximum atomic E-state index is 12.1. The van der Waals surface area contributed by atoms with E-state index in [1.807, 2.05) is 24.3 Å². The van der Waals surface area contributed by atoms with E-state index >= 15 is 0 Å². The largest absolute Gasteiger partial charge is 0.494 e. The van der Waals surface area contributed by atoms with Crippen LogP contribution in [0, 0.1) is 0 Å². The van der Waals surface area contributed by atoms with Crippen LogP contribution in [0.15, 0.2) is 24.3 Å². The van der Waals surface area contributed by atoms with Gasteiger partial charge in [0.15, 0.2) is 5.78 Å². The number of rotatable bonds is 7. The summed E-state index contributed by atoms with van der Waals surface area (Å²) in [5.41, 5.74) is 0.794. The molecule has 0 aromatic heterocycles. The number of ether oxygens (including phenoxy) is 1. The van der Waals surface area contributed by atoms with Crippen LogP contribution >= 0.6 is 0 Å². The Kier molecular flexibility index (Phi) is 5.40. The van der Waals surface area contributed by atoms with Crippen LogP contribution in [0.25, 0.3) is 0 Å². The van der Waals surface area contributed by atoms with Crippen molar-refractivity contribution in [3.8, 4) is 5.75 Å². The molecule has 104 valence electrons. The molecule has 0 radical (unpaired) electrons. The fraction of sp³-hybridized carbons (Fsp3) is 0.562. The molecule has 0 N–H and O–H groups in total. The zero-order valence-corrected chi connectivity index (χ0v) is 11.7. The number of nitrogens with zero attached hydrogens (tertiary/aromatic N) is 1. The third-order valence-electron chi connectivity index (χ3n) is 3.50. The molecule has 1 aliphatic heterocycles. The number of carbonyl (C=O) groups is 1. The van der Waals surface area contributed by atoms with Crippen LogP contribution in [0.1, 0.15) is 43.0 Å². The molecule has 1 aliphatic rings. The summed E-state index contributed by atoms with van der Waals surface area (Å²) in [5.74, 6) is 1.08. The maximum absolute atomic E-state index is 12.1. The first-order chi connectivity index (χ1) is 9.29. The molecule has 1 aromatic carbocycles. The van der Waals surface area contributed by atoms with Crippen LogP contribution in [0.2, 0.25) is 0 Å². The van der Waals surface area contributed by atoms with E-state index in [0.29, 0.717) is 6.42 Å². The number of hydrogen-bond donors (Lipinski definition) is 0. The highest BCUT2D eigenvalue weighted by atomic mass is 16.5. The number of hydrogen-bond acceptors (Lipinski definition) is 3. The summed E-state index contributed by atoms with van der Waals surface area (Å²) in [6, 6.07) is 7.52. The Morgan fingerprint density at radius 2 is 1.89 bits per heavy atom. The second kappa shape index (κ2) is 7.29. The zero-order chi connectivity index (χ0) is 13.5. The lowest BCUT2D eigenvalue weighted by Crippen LogP contribution is -2.22. The Morgan fingerprint density at radius 3 is 2.53 bits per heavy atom. The SMILES string of the molecule is CCCOc1ccc(C(=O)CCN2CCCC2)cc1. The van der Waals surface area contributed by atoms with E-state index in [1.165, 1.54) is 12.8 Å². The Morgan fingerprint density at radius 1 is 1.21 bits per heavy atom. The summed E-state index contributed by atoms with van der Waals surface area (Å²) < 4.78 is 5.51. The average molecular weight is 261 g/mol. The van der Waals surface area contributed by atoms with Crippen LogP contribution in [0.4, 0.5) is 0 Å². The van der Waals surface area contributed by atoms with Gasteiger partial charge in [-0.1, -0.05) is 6.92 Å². The lowest BCUT2D eigenvalue weighted by molar-refractivity contribution is 0.0969. The lowest BCUT2D eigenvalue weighted by atomic mass is 10.1. The summed E-state index contributed by atoms with van der Waals surface area (Å²) in [6.07, 6.45) is 4.17. The van der Waals surface area contributed by atoms with Crippen molar-refractivity contribution >= 4 is 5.78 Å². The zero-order valence-electron chi connectivity index (χ0n) is 11.7. The van der Waals surface area contributed by atoms with Crippen LogP contribution in [-0.4, -0.2) is 36.9 Å². The van der Waals surface area contributed by atoms with E-state index in [2.05, 4.69) is 11.8 Å². The van der Waals surface area contributed by atoms with Gasteiger partial charge in [-0.2, -0.15) is 0 Å². The number of benzene rings is 1. The normalized spacial score (nSPS) is 15.6. The van der Waals surface area contributed by atoms with E-state index in [4.69, 9.17) is 4.74 Å². The fourth-order valence-electron chi connectivity index (χ4n) is 2.37. The van der Waals surface area contributed by atoms with Gasteiger partial charge < -0.3 is 9.64 Å². The van der Waals surface area contributed by atoms with Crippen molar-refractivity contribution < 1.29 is 9.53 Å². The highest BCUT2D eigenvalue weighted by molar-refractivity contribution is 5.96. The molecular weight excluding hydrogens is 238 g/mol. The Balaban J connectivity index is 1.81. The molecular formula is C16H23NO2. The molecule has 0 atom stereocenters. The van der Waals surface area contributed by atoms with Gasteiger partial charge in [-0.3, -0.25) is 4.79 Å². The minimum absolute atomic E-state index is 0.231. The second-order valence-corrected chi connectivity index (χ2v) is 5.09. The van der Waals surface area contributed by atoms with Gasteiger partial charge in [0.25, 0.3) is 0 Å². The van der Waals surface area contributed by atoms with Crippen molar-refractivity contribution in [1.82, 2.24) is 4.90 Å². The quantitative estimate of drug-likeness (QED) is 0.706. The molecule has 0 amide bonds. The minimum Gasteiger partial charge on any atom is -0.494 e. The maximum Gasteiger partial charge on any atom is 0.164 e. The van der Waals surface area contributed by atoms with E-state index < -0.39 is 0 Å². The molecule has 1 fully saturated rings. The molecule has 0 spiro atoms. The molecule has 1 aromatic rings. The van der Waals surface area contributed by atoms with E-state index in [-0.39, 0.29) is 5.78 Å². The second-order valence-electron chi connectivity index (χ2n) is 5.09. The van der Waals surface area contributed by atoms with E-state index in [0.717, 1.165) is 44.0 Å². The molecule has 19 heavy (non-hydrogen) atoms. The summed E-state index contributed by atoms with van der Waals surface area (Å²) >= 11 is 0. The summed E-state index contributed by atoms with van der Waals surface area (Å²) in [7, 11) is 0. The standard InChI is InChI=1S/C16H23NO2/c1-2-13-19-15-7-5-14(6-8-15)16(18)9-12-17-10-3-4-11-17/h5-8H,2-4,9-13H2,1H3. The van der Waals surface area contributed by atoms with Gasteiger partial charge in [-0.15, -0.1) is 0 Å². The molecule has 0 bridgehead atoms. The number of likely N-dealkylation sites (tertiary alicyclic amines) is 1. The smallest absolute Gasteiger partial charge is 0.164 e. The topological polar surface area (TPSA) is 29.5 Å². The molecule has 3 heteroatoms. The highest BCUT2D eigenvalue weighted by Crippen LogP contribution is 2.15. The monoisotopic (exact) mass is 261 g/mol. The first-order valence-corrected chi connectivity index (χ1v) is 7.28. The molecule has 1 heterocycles. The van der Waals surface area contributed by atoms with Crippen LogP contribution in [0.3, 0.4) is 0 Å². The predicted molar refractivity (Wildman–Crippen MR) is 76.8 cm³/mol. The van der Waals surface area contributed by atoms with Crippen LogP contribution in [-0.2, 0) is 0 Å². The van der Waals surface area contributed by atoms with Gasteiger partial charge >= 0.3 is 0 Å². The first kappa shape index (κ1) is 14.1. The Bertz CT molecular complexity index is 394. The summed E-state index contributed by atoms with van der Waals surface area (Å²) in [5, 5.41) is 0. The first-order valence-electron chi connectivity index (χ1n) is 7.28. The van der Waals surface area contributed by atoms with Gasteiger partial charge in [0.1, 0.15) is 5.75 Å². The third-order valence-corrected chi connectivity index (χ3v) is 3.50. The fourth-order valence-corrected chi connectivity index (χ4v) is 2.37. The van der Waals surface area contributed by atoms with Crippen molar-refractivity contribution in [3.05, 3.63) is 29.8 Å². The average Bonchev–Trinajstić information content (AvgIpc) is 2.96. The van der Waals surface area contributed by atoms with Crippen molar-refractivity contribution in [2.24, 2.45) is 0 Å². The van der Waals surface area contributed by atoms with Crippen molar-refractivity contribution in [2.45, 2.75) is 32.6 Å². The Labute approximate surface area is 115 Å². The van der Waals surface area contributed by atoms with Gasteiger partial charge in [-0.25, -0.2) is 0 Å². The summed E-state index contributed by atoms with van der Waals surface area (Å²) in [6.45, 7) is 6.00. The molecule has 2 rings (SSSR count). The number of Topliss-reactive ketones (excluding diaryl/α,β-unsaturated/α-hetero) is 1. The van der Waals surface area contributed by atoms with E-state index in [9.17, 15) is 4.79 Å². The summed E-state index contributed by atoms with van der Waals surface area (Å²) in [4.78, 5) is 14.4. The van der Waals surface area contributed by atoms with Gasteiger partial charge in [-0.05, 0) is 56.6 Å².